The average Bonchev–Trinajstić information content (AvgIpc) is 2.66. The number of sulfonamides is 1. The molecule has 0 radical (unpaired) electrons. The SMILES string of the molecule is Cc1cc(S(=O)(=O)NCC(C)(C)CCCCl)sc1Cl. The third kappa shape index (κ3) is 5.23. The maximum atomic E-state index is 12.1. The zero-order valence-corrected chi connectivity index (χ0v) is 14.4. The molecule has 0 aliphatic carbocycles. The van der Waals surface area contributed by atoms with Crippen molar-refractivity contribution in [3.8, 4) is 0 Å². The topological polar surface area (TPSA) is 46.2 Å². The summed E-state index contributed by atoms with van der Waals surface area (Å²) in [5.74, 6) is 0.593. The van der Waals surface area contributed by atoms with Gasteiger partial charge in [0.15, 0.2) is 0 Å². The number of rotatable bonds is 7. The second-order valence-electron chi connectivity index (χ2n) is 5.30. The third-order valence-corrected chi connectivity index (χ3v) is 6.52. The molecular formula is C12H19Cl2NO2S2. The van der Waals surface area contributed by atoms with E-state index in [1.165, 1.54) is 0 Å². The molecule has 3 nitrogen and oxygen atoms in total. The minimum absolute atomic E-state index is 0.113. The summed E-state index contributed by atoms with van der Waals surface area (Å²) in [4.78, 5) is 0. The number of hydrogen-bond acceptors (Lipinski definition) is 3. The predicted molar refractivity (Wildman–Crippen MR) is 83.0 cm³/mol. The Morgan fingerprint density at radius 3 is 2.53 bits per heavy atom. The summed E-state index contributed by atoms with van der Waals surface area (Å²) >= 11 is 12.7. The lowest BCUT2D eigenvalue weighted by Gasteiger charge is -2.24. The first-order valence-corrected chi connectivity index (χ1v) is 9.21. The number of thiophene rings is 1. The lowest BCUT2D eigenvalue weighted by Crippen LogP contribution is -2.33. The van der Waals surface area contributed by atoms with E-state index in [1.807, 2.05) is 13.8 Å². The van der Waals surface area contributed by atoms with Gasteiger partial charge in [-0.15, -0.1) is 22.9 Å². The Balaban J connectivity index is 2.70. The highest BCUT2D eigenvalue weighted by Gasteiger charge is 2.23. The number of hydrogen-bond donors (Lipinski definition) is 1. The summed E-state index contributed by atoms with van der Waals surface area (Å²) < 4.78 is 27.7. The van der Waals surface area contributed by atoms with Crippen molar-refractivity contribution in [1.29, 1.82) is 0 Å². The van der Waals surface area contributed by atoms with Crippen LogP contribution in [0.2, 0.25) is 4.34 Å². The number of nitrogens with one attached hydrogen (secondary N) is 1. The number of alkyl halides is 1. The molecule has 0 atom stereocenters. The van der Waals surface area contributed by atoms with Crippen LogP contribution in [0.3, 0.4) is 0 Å². The van der Waals surface area contributed by atoms with E-state index in [1.54, 1.807) is 13.0 Å². The lowest BCUT2D eigenvalue weighted by atomic mass is 9.88. The van der Waals surface area contributed by atoms with Crippen molar-refractivity contribution in [3.63, 3.8) is 0 Å². The standard InChI is InChI=1S/C12H19Cl2NO2S2/c1-9-7-10(18-11(9)14)19(16,17)15-8-12(2,3)5-4-6-13/h7,15H,4-6,8H2,1-3H3. The summed E-state index contributed by atoms with van der Waals surface area (Å²) in [7, 11) is -3.47. The molecule has 110 valence electrons. The van der Waals surface area contributed by atoms with Gasteiger partial charge in [-0.2, -0.15) is 0 Å². The fourth-order valence-corrected chi connectivity index (χ4v) is 4.69. The van der Waals surface area contributed by atoms with E-state index in [0.717, 1.165) is 29.7 Å². The van der Waals surface area contributed by atoms with E-state index in [4.69, 9.17) is 23.2 Å². The quantitative estimate of drug-likeness (QED) is 0.759. The van der Waals surface area contributed by atoms with E-state index < -0.39 is 10.0 Å². The number of halogens is 2. The molecule has 0 spiro atoms. The second-order valence-corrected chi connectivity index (χ2v) is 9.33. The van der Waals surface area contributed by atoms with Crippen molar-refractivity contribution < 1.29 is 8.42 Å². The molecule has 1 aromatic rings. The molecule has 0 unspecified atom stereocenters. The largest absolute Gasteiger partial charge is 0.250 e. The molecule has 0 bridgehead atoms. The Morgan fingerprint density at radius 2 is 2.05 bits per heavy atom. The van der Waals surface area contributed by atoms with E-state index in [-0.39, 0.29) is 9.62 Å². The fraction of sp³-hybridized carbons (Fsp3) is 0.667. The van der Waals surface area contributed by atoms with Gasteiger partial charge in [0.25, 0.3) is 0 Å². The fourth-order valence-electron chi connectivity index (χ4n) is 1.56. The van der Waals surface area contributed by atoms with Crippen molar-refractivity contribution in [2.24, 2.45) is 5.41 Å². The third-order valence-electron chi connectivity index (χ3n) is 2.83. The van der Waals surface area contributed by atoms with Gasteiger partial charge < -0.3 is 0 Å². The van der Waals surface area contributed by atoms with Crippen molar-refractivity contribution in [1.82, 2.24) is 4.72 Å². The van der Waals surface area contributed by atoms with E-state index in [9.17, 15) is 8.42 Å². The van der Waals surface area contributed by atoms with Crippen LogP contribution < -0.4 is 4.72 Å². The van der Waals surface area contributed by atoms with Crippen molar-refractivity contribution in [3.05, 3.63) is 16.0 Å². The predicted octanol–water partition coefficient (Wildman–Crippen LogP) is 4.03. The molecular weight excluding hydrogens is 325 g/mol. The first-order chi connectivity index (χ1) is 8.68. The van der Waals surface area contributed by atoms with Crippen molar-refractivity contribution >= 4 is 44.6 Å². The van der Waals surface area contributed by atoms with Crippen LogP contribution in [0.5, 0.6) is 0 Å². The molecule has 0 aliphatic heterocycles. The van der Waals surface area contributed by atoms with Gasteiger partial charge in [0.2, 0.25) is 10.0 Å². The molecule has 0 amide bonds. The summed E-state index contributed by atoms with van der Waals surface area (Å²) in [6, 6.07) is 1.60. The molecule has 1 aromatic heterocycles. The van der Waals surface area contributed by atoms with Gasteiger partial charge in [0.05, 0.1) is 4.34 Å². The van der Waals surface area contributed by atoms with Crippen molar-refractivity contribution in [2.45, 2.75) is 37.8 Å². The molecule has 1 heterocycles. The molecule has 0 saturated carbocycles. The van der Waals surface area contributed by atoms with E-state index in [0.29, 0.717) is 16.8 Å². The van der Waals surface area contributed by atoms with Gasteiger partial charge in [-0.1, -0.05) is 25.4 Å². The van der Waals surface area contributed by atoms with Crippen molar-refractivity contribution in [2.75, 3.05) is 12.4 Å². The summed E-state index contributed by atoms with van der Waals surface area (Å²) in [5.41, 5.74) is 0.673. The maximum Gasteiger partial charge on any atom is 0.250 e. The van der Waals surface area contributed by atoms with E-state index >= 15 is 0 Å². The molecule has 0 saturated heterocycles. The molecule has 0 fully saturated rings. The van der Waals surface area contributed by atoms with Gasteiger partial charge in [-0.25, -0.2) is 13.1 Å². The Bertz CT molecular complexity index is 504. The van der Waals surface area contributed by atoms with Crippen LogP contribution in [-0.2, 0) is 10.0 Å². The van der Waals surface area contributed by atoms with Crippen LogP contribution in [0.25, 0.3) is 0 Å². The highest BCUT2D eigenvalue weighted by atomic mass is 35.5. The minimum atomic E-state index is -3.47. The van der Waals surface area contributed by atoms with Crippen LogP contribution >= 0.6 is 34.5 Å². The van der Waals surface area contributed by atoms with Crippen LogP contribution in [-0.4, -0.2) is 20.8 Å². The van der Waals surface area contributed by atoms with Gasteiger partial charge in [0, 0.05) is 12.4 Å². The maximum absolute atomic E-state index is 12.1. The van der Waals surface area contributed by atoms with Crippen LogP contribution in [0.4, 0.5) is 0 Å². The van der Waals surface area contributed by atoms with E-state index in [2.05, 4.69) is 4.72 Å². The molecule has 0 aliphatic rings. The van der Waals surface area contributed by atoms with Crippen LogP contribution in [0, 0.1) is 12.3 Å². The Morgan fingerprint density at radius 1 is 1.42 bits per heavy atom. The highest BCUT2D eigenvalue weighted by molar-refractivity contribution is 7.91. The van der Waals surface area contributed by atoms with Crippen LogP contribution in [0.1, 0.15) is 32.3 Å². The smallest absolute Gasteiger partial charge is 0.210 e. The van der Waals surface area contributed by atoms with Crippen LogP contribution in [0.15, 0.2) is 10.3 Å². The van der Waals surface area contributed by atoms with Gasteiger partial charge in [-0.3, -0.25) is 0 Å². The molecule has 19 heavy (non-hydrogen) atoms. The van der Waals surface area contributed by atoms with Gasteiger partial charge in [-0.05, 0) is 36.8 Å². The Labute approximate surface area is 129 Å². The first kappa shape index (κ1) is 17.2. The zero-order chi connectivity index (χ0) is 14.7. The Kier molecular flexibility index (Phi) is 6.14. The first-order valence-electron chi connectivity index (χ1n) is 5.99. The normalized spacial score (nSPS) is 12.9. The minimum Gasteiger partial charge on any atom is -0.210 e. The van der Waals surface area contributed by atoms with Gasteiger partial charge in [0.1, 0.15) is 4.21 Å². The number of aryl methyl sites for hydroxylation is 1. The molecule has 1 rings (SSSR count). The molecule has 7 heteroatoms. The lowest BCUT2D eigenvalue weighted by molar-refractivity contribution is 0.331. The summed E-state index contributed by atoms with van der Waals surface area (Å²) in [6.45, 7) is 6.23. The summed E-state index contributed by atoms with van der Waals surface area (Å²) in [5, 5.41) is 0. The summed E-state index contributed by atoms with van der Waals surface area (Å²) in [6.07, 6.45) is 1.75. The Hall–Kier alpha value is 0.190. The zero-order valence-electron chi connectivity index (χ0n) is 11.3. The molecule has 1 N–H and O–H groups in total. The average molecular weight is 344 g/mol. The second kappa shape index (κ2) is 6.76. The highest BCUT2D eigenvalue weighted by Crippen LogP contribution is 2.30. The molecule has 0 aromatic carbocycles. The van der Waals surface area contributed by atoms with Gasteiger partial charge >= 0.3 is 0 Å². The monoisotopic (exact) mass is 343 g/mol.